The molecular weight excluding hydrogens is 498 g/mol. The number of rotatable bonds is 10. The third-order valence-corrected chi connectivity index (χ3v) is 8.38. The van der Waals surface area contributed by atoms with Gasteiger partial charge >= 0.3 is 0 Å². The summed E-state index contributed by atoms with van der Waals surface area (Å²) in [6.07, 6.45) is 0. The smallest absolute Gasteiger partial charge is 0.264 e. The first-order valence-electron chi connectivity index (χ1n) is 12.7. The summed E-state index contributed by atoms with van der Waals surface area (Å²) < 4.78 is 28.8. The summed E-state index contributed by atoms with van der Waals surface area (Å²) >= 11 is 0. The van der Waals surface area contributed by atoms with Crippen molar-refractivity contribution in [3.8, 4) is 0 Å². The van der Waals surface area contributed by atoms with E-state index in [1.54, 1.807) is 37.3 Å². The van der Waals surface area contributed by atoms with E-state index in [-0.39, 0.29) is 23.4 Å². The van der Waals surface area contributed by atoms with Gasteiger partial charge in [-0.2, -0.15) is 0 Å². The number of sulfonamides is 1. The van der Waals surface area contributed by atoms with Gasteiger partial charge in [-0.1, -0.05) is 48.5 Å². The predicted molar refractivity (Wildman–Crippen MR) is 151 cm³/mol. The van der Waals surface area contributed by atoms with Crippen LogP contribution in [0.3, 0.4) is 0 Å². The minimum atomic E-state index is -4.07. The minimum absolute atomic E-state index is 0.0853. The Labute approximate surface area is 226 Å². The van der Waals surface area contributed by atoms with Crippen molar-refractivity contribution in [2.45, 2.75) is 65.1 Å². The SMILES string of the molecule is Cc1ccc(N(CC(=O)N(Cc2ccccc2C)[C@H](C)C(=O)NC(C)C)S(=O)(=O)c2ccccc2)cc1C. The van der Waals surface area contributed by atoms with Gasteiger partial charge in [0.15, 0.2) is 0 Å². The summed E-state index contributed by atoms with van der Waals surface area (Å²) in [4.78, 5) is 28.5. The molecule has 3 aromatic rings. The second kappa shape index (κ2) is 12.3. The molecule has 0 heterocycles. The fourth-order valence-corrected chi connectivity index (χ4v) is 5.51. The molecule has 0 radical (unpaired) electrons. The summed E-state index contributed by atoms with van der Waals surface area (Å²) in [7, 11) is -4.07. The van der Waals surface area contributed by atoms with E-state index in [0.29, 0.717) is 5.69 Å². The van der Waals surface area contributed by atoms with Crippen LogP contribution in [0.5, 0.6) is 0 Å². The molecule has 202 valence electrons. The zero-order valence-electron chi connectivity index (χ0n) is 22.9. The Hall–Kier alpha value is -3.65. The maximum Gasteiger partial charge on any atom is 0.264 e. The van der Waals surface area contributed by atoms with E-state index in [1.165, 1.54) is 17.0 Å². The molecule has 0 saturated heterocycles. The molecule has 0 bridgehead atoms. The first-order chi connectivity index (χ1) is 17.9. The lowest BCUT2D eigenvalue weighted by atomic mass is 10.1. The summed E-state index contributed by atoms with van der Waals surface area (Å²) in [5.41, 5.74) is 4.17. The molecule has 0 aromatic heterocycles. The highest BCUT2D eigenvalue weighted by molar-refractivity contribution is 7.92. The average Bonchev–Trinajstić information content (AvgIpc) is 2.88. The molecule has 8 heteroatoms. The van der Waals surface area contributed by atoms with Crippen molar-refractivity contribution in [2.75, 3.05) is 10.8 Å². The number of amides is 2. The number of hydrogen-bond donors (Lipinski definition) is 1. The van der Waals surface area contributed by atoms with Gasteiger partial charge in [0.25, 0.3) is 10.0 Å². The summed E-state index contributed by atoms with van der Waals surface area (Å²) in [6, 6.07) is 20.1. The summed E-state index contributed by atoms with van der Waals surface area (Å²) in [5, 5.41) is 2.87. The van der Waals surface area contributed by atoms with Gasteiger partial charge in [0, 0.05) is 12.6 Å². The molecule has 0 spiro atoms. The molecule has 1 N–H and O–H groups in total. The van der Waals surface area contributed by atoms with Gasteiger partial charge in [-0.3, -0.25) is 13.9 Å². The van der Waals surface area contributed by atoms with Crippen LogP contribution in [0.2, 0.25) is 0 Å². The molecule has 2 amide bonds. The second-order valence-electron chi connectivity index (χ2n) is 9.88. The highest BCUT2D eigenvalue weighted by atomic mass is 32.2. The Kier molecular flexibility index (Phi) is 9.33. The zero-order chi connectivity index (χ0) is 28.0. The molecule has 3 aromatic carbocycles. The van der Waals surface area contributed by atoms with Crippen LogP contribution in [-0.2, 0) is 26.2 Å². The van der Waals surface area contributed by atoms with Crippen LogP contribution in [0.15, 0.2) is 77.7 Å². The molecule has 3 rings (SSSR count). The third kappa shape index (κ3) is 6.81. The third-order valence-electron chi connectivity index (χ3n) is 6.59. The quantitative estimate of drug-likeness (QED) is 0.406. The first-order valence-corrected chi connectivity index (χ1v) is 14.1. The molecule has 0 saturated carbocycles. The number of aryl methyl sites for hydroxylation is 3. The molecule has 0 fully saturated rings. The van der Waals surface area contributed by atoms with Gasteiger partial charge < -0.3 is 10.2 Å². The maximum absolute atomic E-state index is 13.9. The topological polar surface area (TPSA) is 86.8 Å². The fourth-order valence-electron chi connectivity index (χ4n) is 4.09. The Morgan fingerprint density at radius 3 is 2.05 bits per heavy atom. The monoisotopic (exact) mass is 535 g/mol. The first kappa shape index (κ1) is 28.9. The van der Waals surface area contributed by atoms with Crippen LogP contribution >= 0.6 is 0 Å². The maximum atomic E-state index is 13.9. The van der Waals surface area contributed by atoms with Gasteiger partial charge in [-0.05, 0) is 88.1 Å². The van der Waals surface area contributed by atoms with Crippen molar-refractivity contribution in [3.63, 3.8) is 0 Å². The average molecular weight is 536 g/mol. The van der Waals surface area contributed by atoms with Crippen LogP contribution in [-0.4, -0.2) is 43.8 Å². The lowest BCUT2D eigenvalue weighted by Gasteiger charge is -2.32. The van der Waals surface area contributed by atoms with Crippen LogP contribution in [0, 0.1) is 20.8 Å². The molecular formula is C30H37N3O4S. The van der Waals surface area contributed by atoms with E-state index in [2.05, 4.69) is 5.32 Å². The Balaban J connectivity index is 2.06. The molecule has 0 aliphatic carbocycles. The van der Waals surface area contributed by atoms with Crippen LogP contribution in [0.25, 0.3) is 0 Å². The molecule has 0 aliphatic rings. The van der Waals surface area contributed by atoms with Crippen LogP contribution in [0.4, 0.5) is 5.69 Å². The van der Waals surface area contributed by atoms with Gasteiger partial charge in [0.1, 0.15) is 12.6 Å². The largest absolute Gasteiger partial charge is 0.352 e. The number of carbonyl (C=O) groups excluding carboxylic acids is 2. The Bertz CT molecular complexity index is 1390. The predicted octanol–water partition coefficient (Wildman–Crippen LogP) is 4.75. The van der Waals surface area contributed by atoms with E-state index in [9.17, 15) is 18.0 Å². The van der Waals surface area contributed by atoms with E-state index < -0.39 is 28.5 Å². The van der Waals surface area contributed by atoms with E-state index in [4.69, 9.17) is 0 Å². The van der Waals surface area contributed by atoms with Crippen molar-refractivity contribution in [2.24, 2.45) is 0 Å². The lowest BCUT2D eigenvalue weighted by molar-refractivity contribution is -0.139. The highest BCUT2D eigenvalue weighted by Crippen LogP contribution is 2.26. The van der Waals surface area contributed by atoms with Crippen molar-refractivity contribution in [1.29, 1.82) is 0 Å². The number of nitrogens with one attached hydrogen (secondary N) is 1. The summed E-state index contributed by atoms with van der Waals surface area (Å²) in [5.74, 6) is -0.775. The number of anilines is 1. The zero-order valence-corrected chi connectivity index (χ0v) is 23.7. The van der Waals surface area contributed by atoms with Crippen molar-refractivity contribution in [1.82, 2.24) is 10.2 Å². The normalized spacial score (nSPS) is 12.2. The van der Waals surface area contributed by atoms with Gasteiger partial charge in [0.05, 0.1) is 10.6 Å². The molecule has 0 aliphatic heterocycles. The molecule has 1 atom stereocenters. The van der Waals surface area contributed by atoms with Gasteiger partial charge in [-0.15, -0.1) is 0 Å². The molecule has 7 nitrogen and oxygen atoms in total. The van der Waals surface area contributed by atoms with Gasteiger partial charge in [0.2, 0.25) is 11.8 Å². The van der Waals surface area contributed by atoms with E-state index in [1.807, 2.05) is 65.0 Å². The summed E-state index contributed by atoms with van der Waals surface area (Å²) in [6.45, 7) is 10.9. The number of carbonyl (C=O) groups is 2. The second-order valence-corrected chi connectivity index (χ2v) is 11.7. The van der Waals surface area contributed by atoms with Crippen molar-refractivity contribution in [3.05, 3.63) is 95.1 Å². The molecule has 0 unspecified atom stereocenters. The number of nitrogens with zero attached hydrogens (tertiary/aromatic N) is 2. The number of hydrogen-bond acceptors (Lipinski definition) is 4. The van der Waals surface area contributed by atoms with E-state index in [0.717, 1.165) is 26.6 Å². The molecule has 38 heavy (non-hydrogen) atoms. The highest BCUT2D eigenvalue weighted by Gasteiger charge is 2.32. The Morgan fingerprint density at radius 2 is 1.45 bits per heavy atom. The van der Waals surface area contributed by atoms with Crippen LogP contribution < -0.4 is 9.62 Å². The van der Waals surface area contributed by atoms with Crippen molar-refractivity contribution >= 4 is 27.5 Å². The fraction of sp³-hybridized carbons (Fsp3) is 0.333. The van der Waals surface area contributed by atoms with E-state index >= 15 is 0 Å². The van der Waals surface area contributed by atoms with Crippen LogP contribution in [0.1, 0.15) is 43.0 Å². The van der Waals surface area contributed by atoms with Gasteiger partial charge in [-0.25, -0.2) is 8.42 Å². The number of benzene rings is 3. The Morgan fingerprint density at radius 1 is 0.816 bits per heavy atom. The van der Waals surface area contributed by atoms with Crippen molar-refractivity contribution < 1.29 is 18.0 Å². The lowest BCUT2D eigenvalue weighted by Crippen LogP contribution is -2.52. The standard InChI is InChI=1S/C30H37N3O4S/c1-21(2)31-30(35)25(6)32(19-26-13-11-10-12-23(26)4)29(34)20-33(27-17-16-22(3)24(5)18-27)38(36,37)28-14-8-7-9-15-28/h7-18,21,25H,19-20H2,1-6H3,(H,31,35)/t25-/m1/s1. The minimum Gasteiger partial charge on any atom is -0.352 e.